The fourth-order valence-electron chi connectivity index (χ4n) is 1.07. The first kappa shape index (κ1) is 13.2. The summed E-state index contributed by atoms with van der Waals surface area (Å²) in [5, 5.41) is 8.85. The van der Waals surface area contributed by atoms with E-state index in [2.05, 4.69) is 6.58 Å². The summed E-state index contributed by atoms with van der Waals surface area (Å²) in [6.45, 7) is 6.19. The number of aliphatic hydroxyl groups excluding tert-OH is 1. The van der Waals surface area contributed by atoms with Gasteiger partial charge in [0, 0.05) is 0 Å². The molecule has 0 saturated carbocycles. The first-order valence-corrected chi connectivity index (χ1v) is 4.48. The molecule has 82 valence electrons. The van der Waals surface area contributed by atoms with E-state index in [0.717, 1.165) is 0 Å². The number of hydrogen-bond donors (Lipinski definition) is 1. The van der Waals surface area contributed by atoms with Crippen LogP contribution >= 0.6 is 0 Å². The van der Waals surface area contributed by atoms with Crippen molar-refractivity contribution in [3.8, 4) is 0 Å². The monoisotopic (exact) mass is 208 g/mol. The highest BCUT2D eigenvalue weighted by atomic mass is 19.3. The van der Waals surface area contributed by atoms with E-state index in [1.807, 2.05) is 0 Å². The van der Waals surface area contributed by atoms with Crippen molar-refractivity contribution in [2.24, 2.45) is 0 Å². The second kappa shape index (κ2) is 5.20. The molecule has 1 nitrogen and oxygen atoms in total. The van der Waals surface area contributed by atoms with Gasteiger partial charge in [-0.3, -0.25) is 0 Å². The van der Waals surface area contributed by atoms with Crippen LogP contribution in [0.2, 0.25) is 0 Å². The van der Waals surface area contributed by atoms with E-state index in [1.54, 1.807) is 13.8 Å². The van der Waals surface area contributed by atoms with Crippen LogP contribution in [0.15, 0.2) is 24.1 Å². The zero-order valence-electron chi connectivity index (χ0n) is 8.36. The van der Waals surface area contributed by atoms with Crippen LogP contribution in [0.1, 0.15) is 26.7 Å². The molecule has 1 unspecified atom stereocenters. The summed E-state index contributed by atoms with van der Waals surface area (Å²) in [6.07, 6.45) is -1.12. The Morgan fingerprint density at radius 2 is 1.86 bits per heavy atom. The Kier molecular flexibility index (Phi) is 4.91. The Bertz CT molecular complexity index is 228. The Labute approximate surface area is 81.9 Å². The molecule has 0 aliphatic rings. The molecule has 0 radical (unpaired) electrons. The summed E-state index contributed by atoms with van der Waals surface area (Å²) >= 11 is 0. The normalized spacial score (nSPS) is 13.6. The molecule has 0 aliphatic heterocycles. The Morgan fingerprint density at radius 3 is 2.14 bits per heavy atom. The van der Waals surface area contributed by atoms with Crippen LogP contribution in [-0.2, 0) is 0 Å². The van der Waals surface area contributed by atoms with Gasteiger partial charge in [0.25, 0.3) is 0 Å². The molecule has 0 rings (SSSR count). The molecule has 0 spiro atoms. The van der Waals surface area contributed by atoms with E-state index in [0.29, 0.717) is 6.08 Å². The van der Waals surface area contributed by atoms with Crippen molar-refractivity contribution in [1.29, 1.82) is 0 Å². The van der Waals surface area contributed by atoms with Crippen LogP contribution in [0.4, 0.5) is 13.2 Å². The van der Waals surface area contributed by atoms with Gasteiger partial charge in [-0.25, -0.2) is 4.39 Å². The minimum Gasteiger partial charge on any atom is -0.382 e. The van der Waals surface area contributed by atoms with Crippen molar-refractivity contribution < 1.29 is 18.3 Å². The van der Waals surface area contributed by atoms with Crippen LogP contribution in [-0.4, -0.2) is 17.1 Å². The molecular formula is C10H15F3O. The van der Waals surface area contributed by atoms with Gasteiger partial charge in [0.1, 0.15) is 6.10 Å². The Morgan fingerprint density at radius 1 is 1.43 bits per heavy atom. The van der Waals surface area contributed by atoms with Gasteiger partial charge in [0.2, 0.25) is 0 Å². The Balaban J connectivity index is 5.06. The molecule has 14 heavy (non-hydrogen) atoms. The highest BCUT2D eigenvalue weighted by Gasteiger charge is 2.43. The molecule has 0 amide bonds. The fraction of sp³-hybridized carbons (Fsp3) is 0.600. The molecule has 0 aromatic carbocycles. The summed E-state index contributed by atoms with van der Waals surface area (Å²) in [4.78, 5) is 0. The standard InChI is InChI=1S/C10H15F3O/c1-4-7(5-2)9(11)10(12,13)8(14)6-3/h6,8,14H,3-5H2,1-2H3. The average molecular weight is 208 g/mol. The van der Waals surface area contributed by atoms with Gasteiger partial charge in [-0.2, -0.15) is 8.78 Å². The first-order chi connectivity index (χ1) is 6.41. The molecule has 4 heteroatoms. The highest BCUT2D eigenvalue weighted by molar-refractivity contribution is 5.18. The van der Waals surface area contributed by atoms with Crippen molar-refractivity contribution in [3.63, 3.8) is 0 Å². The molecule has 0 saturated heterocycles. The molecule has 0 aliphatic carbocycles. The SMILES string of the molecule is C=CC(O)C(F)(F)C(F)=C(CC)CC. The maximum Gasteiger partial charge on any atom is 0.327 e. The fourth-order valence-corrected chi connectivity index (χ4v) is 1.07. The van der Waals surface area contributed by atoms with E-state index in [4.69, 9.17) is 5.11 Å². The summed E-state index contributed by atoms with van der Waals surface area (Å²) in [5.74, 6) is -5.39. The van der Waals surface area contributed by atoms with Crippen LogP contribution in [0, 0.1) is 0 Å². The third-order valence-corrected chi connectivity index (χ3v) is 2.05. The van der Waals surface area contributed by atoms with Gasteiger partial charge < -0.3 is 5.11 Å². The lowest BCUT2D eigenvalue weighted by Gasteiger charge is -2.20. The summed E-state index contributed by atoms with van der Waals surface area (Å²) in [5.41, 5.74) is 0.0240. The molecule has 0 aromatic rings. The van der Waals surface area contributed by atoms with Crippen molar-refractivity contribution in [2.75, 3.05) is 0 Å². The molecule has 1 atom stereocenters. The zero-order chi connectivity index (χ0) is 11.4. The predicted octanol–water partition coefficient (Wildman–Crippen LogP) is 3.21. The lowest BCUT2D eigenvalue weighted by atomic mass is 10.0. The molecule has 0 aromatic heterocycles. The van der Waals surface area contributed by atoms with Gasteiger partial charge in [-0.15, -0.1) is 6.58 Å². The van der Waals surface area contributed by atoms with Crippen LogP contribution < -0.4 is 0 Å². The molecule has 0 fully saturated rings. The molecule has 0 heterocycles. The number of allylic oxidation sites excluding steroid dienone is 1. The number of hydrogen-bond acceptors (Lipinski definition) is 1. The number of rotatable bonds is 5. The van der Waals surface area contributed by atoms with Crippen molar-refractivity contribution >= 4 is 0 Å². The second-order valence-electron chi connectivity index (χ2n) is 2.93. The van der Waals surface area contributed by atoms with Gasteiger partial charge in [-0.05, 0) is 18.4 Å². The van der Waals surface area contributed by atoms with E-state index in [1.165, 1.54) is 0 Å². The summed E-state index contributed by atoms with van der Waals surface area (Å²) < 4.78 is 39.4. The quantitative estimate of drug-likeness (QED) is 0.688. The smallest absolute Gasteiger partial charge is 0.327 e. The first-order valence-electron chi connectivity index (χ1n) is 4.48. The zero-order valence-corrected chi connectivity index (χ0v) is 8.36. The van der Waals surface area contributed by atoms with E-state index < -0.39 is 17.9 Å². The highest BCUT2D eigenvalue weighted by Crippen LogP contribution is 2.33. The van der Waals surface area contributed by atoms with Crippen LogP contribution in [0.5, 0.6) is 0 Å². The predicted molar refractivity (Wildman–Crippen MR) is 49.9 cm³/mol. The van der Waals surface area contributed by atoms with E-state index in [-0.39, 0.29) is 18.4 Å². The number of alkyl halides is 2. The van der Waals surface area contributed by atoms with Gasteiger partial charge >= 0.3 is 5.92 Å². The second-order valence-corrected chi connectivity index (χ2v) is 2.93. The lowest BCUT2D eigenvalue weighted by molar-refractivity contribution is -0.0711. The van der Waals surface area contributed by atoms with Gasteiger partial charge in [0.15, 0.2) is 5.83 Å². The molecule has 1 N–H and O–H groups in total. The minimum atomic E-state index is -3.86. The van der Waals surface area contributed by atoms with Gasteiger partial charge in [0.05, 0.1) is 0 Å². The topological polar surface area (TPSA) is 20.2 Å². The van der Waals surface area contributed by atoms with Crippen LogP contribution in [0.3, 0.4) is 0 Å². The van der Waals surface area contributed by atoms with Crippen molar-refractivity contribution in [3.05, 3.63) is 24.1 Å². The largest absolute Gasteiger partial charge is 0.382 e. The summed E-state index contributed by atoms with van der Waals surface area (Å²) in [7, 11) is 0. The van der Waals surface area contributed by atoms with E-state index in [9.17, 15) is 13.2 Å². The van der Waals surface area contributed by atoms with Crippen molar-refractivity contribution in [1.82, 2.24) is 0 Å². The molecular weight excluding hydrogens is 193 g/mol. The number of halogens is 3. The number of aliphatic hydroxyl groups is 1. The van der Waals surface area contributed by atoms with E-state index >= 15 is 0 Å². The Hall–Kier alpha value is -0.770. The minimum absolute atomic E-state index is 0.0240. The maximum absolute atomic E-state index is 13.2. The lowest BCUT2D eigenvalue weighted by Crippen LogP contribution is -2.33. The molecule has 0 bridgehead atoms. The summed E-state index contributed by atoms with van der Waals surface area (Å²) in [6, 6.07) is 0. The third-order valence-electron chi connectivity index (χ3n) is 2.05. The third kappa shape index (κ3) is 2.61. The average Bonchev–Trinajstić information content (AvgIpc) is 2.18. The van der Waals surface area contributed by atoms with Crippen LogP contribution in [0.25, 0.3) is 0 Å². The maximum atomic E-state index is 13.2. The van der Waals surface area contributed by atoms with Gasteiger partial charge in [-0.1, -0.05) is 19.9 Å². The van der Waals surface area contributed by atoms with Crippen molar-refractivity contribution in [2.45, 2.75) is 38.7 Å².